The minimum absolute atomic E-state index is 0.0240. The second-order valence-electron chi connectivity index (χ2n) is 8.09. The number of nitrogens with one attached hydrogen (secondary N) is 1. The molecule has 3 aromatic rings. The summed E-state index contributed by atoms with van der Waals surface area (Å²) in [6.07, 6.45) is 2.64. The zero-order chi connectivity index (χ0) is 23.2. The Labute approximate surface area is 201 Å². The highest BCUT2D eigenvalue weighted by atomic mass is 35.5. The van der Waals surface area contributed by atoms with Gasteiger partial charge in [-0.05, 0) is 74.2 Å². The average molecular weight is 504 g/mol. The lowest BCUT2D eigenvalue weighted by molar-refractivity contribution is -0.118. The third kappa shape index (κ3) is 4.30. The van der Waals surface area contributed by atoms with E-state index in [1.165, 1.54) is 29.0 Å². The number of halogens is 1. The number of hydrogen-bond acceptors (Lipinski definition) is 7. The molecule has 11 heteroatoms. The molecule has 172 valence electrons. The zero-order valence-electron chi connectivity index (χ0n) is 17.9. The van der Waals surface area contributed by atoms with Crippen molar-refractivity contribution in [3.05, 3.63) is 58.1 Å². The van der Waals surface area contributed by atoms with Gasteiger partial charge in [-0.25, -0.2) is 8.42 Å². The normalized spacial score (nSPS) is 18.5. The van der Waals surface area contributed by atoms with Crippen molar-refractivity contribution in [3.63, 3.8) is 0 Å². The quantitative estimate of drug-likeness (QED) is 0.568. The lowest BCUT2D eigenvalue weighted by Crippen LogP contribution is -2.44. The molecule has 3 heterocycles. The third-order valence-electron chi connectivity index (χ3n) is 5.96. The molecule has 0 aliphatic carbocycles. The Morgan fingerprint density at radius 1 is 1.12 bits per heavy atom. The summed E-state index contributed by atoms with van der Waals surface area (Å²) in [4.78, 5) is 17.3. The molecule has 0 bridgehead atoms. The van der Waals surface area contributed by atoms with Crippen LogP contribution < -0.4 is 14.5 Å². The topological polar surface area (TPSA) is 95.5 Å². The van der Waals surface area contributed by atoms with Crippen LogP contribution in [0.4, 0.5) is 16.5 Å². The first kappa shape index (κ1) is 22.1. The summed E-state index contributed by atoms with van der Waals surface area (Å²) in [5, 5.41) is 9.22. The number of carbonyl (C=O) groups excluding carboxylic acids is 1. The molecule has 0 spiro atoms. The van der Waals surface area contributed by atoms with E-state index in [1.54, 1.807) is 24.0 Å². The number of hydrogen-bond donors (Lipinski definition) is 1. The molecule has 0 radical (unpaired) electrons. The van der Waals surface area contributed by atoms with Gasteiger partial charge in [-0.2, -0.15) is 0 Å². The van der Waals surface area contributed by atoms with Gasteiger partial charge in [-0.15, -0.1) is 10.2 Å². The minimum Gasteiger partial charge on any atom is -0.359 e. The fourth-order valence-electron chi connectivity index (χ4n) is 4.45. The lowest BCUT2D eigenvalue weighted by atomic mass is 9.99. The summed E-state index contributed by atoms with van der Waals surface area (Å²) in [5.74, 6) is 0.0240. The van der Waals surface area contributed by atoms with Gasteiger partial charge >= 0.3 is 0 Å². The van der Waals surface area contributed by atoms with Crippen molar-refractivity contribution in [2.45, 2.75) is 37.1 Å². The number of aromatic nitrogens is 2. The number of fused-ring (bicyclic) bond motifs is 1. The second-order valence-corrected chi connectivity index (χ2v) is 11.4. The number of benzene rings is 2. The smallest absolute Gasteiger partial charge is 0.263 e. The zero-order valence-corrected chi connectivity index (χ0v) is 20.3. The molecule has 1 saturated heterocycles. The van der Waals surface area contributed by atoms with E-state index in [0.717, 1.165) is 25.1 Å². The van der Waals surface area contributed by atoms with Crippen molar-refractivity contribution in [1.29, 1.82) is 0 Å². The van der Waals surface area contributed by atoms with Crippen LogP contribution in [0.25, 0.3) is 0 Å². The number of sulfonamides is 1. The Morgan fingerprint density at radius 2 is 1.91 bits per heavy atom. The fourth-order valence-corrected chi connectivity index (χ4v) is 6.46. The van der Waals surface area contributed by atoms with Crippen molar-refractivity contribution in [3.8, 4) is 0 Å². The maximum absolute atomic E-state index is 13.3. The molecule has 2 aromatic carbocycles. The van der Waals surface area contributed by atoms with E-state index in [4.69, 9.17) is 11.6 Å². The minimum atomic E-state index is -3.78. The molecular weight excluding hydrogens is 482 g/mol. The first-order valence-corrected chi connectivity index (χ1v) is 13.3. The maximum Gasteiger partial charge on any atom is 0.263 e. The van der Waals surface area contributed by atoms with E-state index in [-0.39, 0.29) is 22.0 Å². The molecule has 1 atom stereocenters. The predicted molar refractivity (Wildman–Crippen MR) is 130 cm³/mol. The molecule has 1 aromatic heterocycles. The lowest BCUT2D eigenvalue weighted by Gasteiger charge is -2.35. The molecule has 1 N–H and O–H groups in total. The van der Waals surface area contributed by atoms with Crippen LogP contribution in [0.15, 0.2) is 47.4 Å². The average Bonchev–Trinajstić information content (AvgIpc) is 3.37. The number of nitrogens with zero attached hydrogens (tertiary/aromatic N) is 4. The van der Waals surface area contributed by atoms with Crippen molar-refractivity contribution in [2.24, 2.45) is 0 Å². The summed E-state index contributed by atoms with van der Waals surface area (Å²) >= 11 is 7.33. The maximum atomic E-state index is 13.3. The second kappa shape index (κ2) is 8.58. The van der Waals surface area contributed by atoms with Gasteiger partial charge in [0.25, 0.3) is 10.0 Å². The van der Waals surface area contributed by atoms with Gasteiger partial charge in [0.15, 0.2) is 0 Å². The molecule has 0 saturated carbocycles. The van der Waals surface area contributed by atoms with Crippen LogP contribution in [-0.2, 0) is 21.2 Å². The standard InChI is InChI=1S/C22H22ClN5O3S2/c1-14-24-25-22(32-14)26-33(30,31)18-7-5-17(6-8-18)27-12-10-20(21(27)29)28-11-2-3-15-13-16(23)4-9-19(15)28/h4-9,13,20H,2-3,10-12H2,1H3,(H,25,26)/t20-/m1/s1. The largest absolute Gasteiger partial charge is 0.359 e. The molecular formula is C22H22ClN5O3S2. The predicted octanol–water partition coefficient (Wildman–Crippen LogP) is 3.86. The summed E-state index contributed by atoms with van der Waals surface area (Å²) in [5.41, 5.74) is 2.93. The van der Waals surface area contributed by atoms with Crippen LogP contribution in [0.2, 0.25) is 5.02 Å². The van der Waals surface area contributed by atoms with Gasteiger partial charge in [0.05, 0.1) is 4.90 Å². The van der Waals surface area contributed by atoms with Crippen LogP contribution in [0.3, 0.4) is 0 Å². The highest BCUT2D eigenvalue weighted by Crippen LogP contribution is 2.35. The van der Waals surface area contributed by atoms with Gasteiger partial charge in [-0.1, -0.05) is 22.9 Å². The summed E-state index contributed by atoms with van der Waals surface area (Å²) in [7, 11) is -3.78. The van der Waals surface area contributed by atoms with Crippen LogP contribution in [0.5, 0.6) is 0 Å². The van der Waals surface area contributed by atoms with Gasteiger partial charge in [0, 0.05) is 29.5 Å². The van der Waals surface area contributed by atoms with Gasteiger partial charge in [-0.3, -0.25) is 9.52 Å². The van der Waals surface area contributed by atoms with Gasteiger partial charge in [0.1, 0.15) is 11.0 Å². The molecule has 2 aliphatic heterocycles. The summed E-state index contributed by atoms with van der Waals surface area (Å²) < 4.78 is 27.7. The molecule has 1 fully saturated rings. The van der Waals surface area contributed by atoms with Gasteiger partial charge < -0.3 is 9.80 Å². The molecule has 0 unspecified atom stereocenters. The Kier molecular flexibility index (Phi) is 5.75. The van der Waals surface area contributed by atoms with E-state index < -0.39 is 10.0 Å². The van der Waals surface area contributed by atoms with Crippen molar-refractivity contribution in [1.82, 2.24) is 10.2 Å². The number of aryl methyl sites for hydroxylation is 2. The molecule has 2 aliphatic rings. The molecule has 8 nitrogen and oxygen atoms in total. The first-order chi connectivity index (χ1) is 15.8. The Balaban J connectivity index is 1.33. The monoisotopic (exact) mass is 503 g/mol. The third-order valence-corrected chi connectivity index (χ3v) is 8.43. The molecule has 1 amide bonds. The number of anilines is 3. The van der Waals surface area contributed by atoms with Crippen LogP contribution >= 0.6 is 22.9 Å². The van der Waals surface area contributed by atoms with Crippen LogP contribution in [0.1, 0.15) is 23.4 Å². The van der Waals surface area contributed by atoms with Crippen molar-refractivity contribution in [2.75, 3.05) is 27.6 Å². The summed E-state index contributed by atoms with van der Waals surface area (Å²) in [6, 6.07) is 12.0. The Morgan fingerprint density at radius 3 is 2.64 bits per heavy atom. The van der Waals surface area contributed by atoms with Crippen molar-refractivity contribution >= 4 is 55.4 Å². The van der Waals surface area contributed by atoms with E-state index >= 15 is 0 Å². The summed E-state index contributed by atoms with van der Waals surface area (Å²) in [6.45, 7) is 3.16. The Bertz CT molecular complexity index is 1310. The highest BCUT2D eigenvalue weighted by molar-refractivity contribution is 7.93. The fraction of sp³-hybridized carbons (Fsp3) is 0.318. The van der Waals surface area contributed by atoms with E-state index in [1.807, 2.05) is 18.2 Å². The van der Waals surface area contributed by atoms with Crippen LogP contribution in [0, 0.1) is 6.92 Å². The number of amides is 1. The van der Waals surface area contributed by atoms with Gasteiger partial charge in [0.2, 0.25) is 11.0 Å². The SMILES string of the molecule is Cc1nnc(NS(=O)(=O)c2ccc(N3CC[C@@H](N4CCCc5cc(Cl)ccc54)C3=O)cc2)s1. The highest BCUT2D eigenvalue weighted by Gasteiger charge is 2.38. The Hall–Kier alpha value is -2.69. The van der Waals surface area contributed by atoms with E-state index in [2.05, 4.69) is 19.8 Å². The first-order valence-electron chi connectivity index (χ1n) is 10.6. The van der Waals surface area contributed by atoms with E-state index in [9.17, 15) is 13.2 Å². The van der Waals surface area contributed by atoms with Crippen LogP contribution in [-0.4, -0.2) is 43.7 Å². The number of rotatable bonds is 5. The number of carbonyl (C=O) groups is 1. The van der Waals surface area contributed by atoms with Crippen molar-refractivity contribution < 1.29 is 13.2 Å². The van der Waals surface area contributed by atoms with E-state index in [0.29, 0.717) is 28.7 Å². The molecule has 33 heavy (non-hydrogen) atoms. The molecule has 5 rings (SSSR count).